The van der Waals surface area contributed by atoms with Gasteiger partial charge >= 0.3 is 0 Å². The summed E-state index contributed by atoms with van der Waals surface area (Å²) in [6.45, 7) is 0. The van der Waals surface area contributed by atoms with E-state index in [1.807, 2.05) is 12.1 Å². The lowest BCUT2D eigenvalue weighted by Crippen LogP contribution is -2.58. The quantitative estimate of drug-likeness (QED) is 0.742. The van der Waals surface area contributed by atoms with E-state index in [0.29, 0.717) is 10.1 Å². The first-order valence-electron chi connectivity index (χ1n) is 4.72. The fourth-order valence-corrected chi connectivity index (χ4v) is 2.05. The van der Waals surface area contributed by atoms with Gasteiger partial charge in [0.2, 0.25) is 5.91 Å². The molecule has 0 spiro atoms. The van der Waals surface area contributed by atoms with E-state index in [4.69, 9.17) is 29.6 Å². The van der Waals surface area contributed by atoms with Gasteiger partial charge in [0, 0.05) is 10.7 Å². The van der Waals surface area contributed by atoms with Gasteiger partial charge in [0.15, 0.2) is 5.11 Å². The number of rotatable bonds is 1. The van der Waals surface area contributed by atoms with Crippen molar-refractivity contribution in [3.63, 3.8) is 0 Å². The highest BCUT2D eigenvalue weighted by atomic mass is 35.5. The van der Waals surface area contributed by atoms with E-state index in [1.165, 1.54) is 0 Å². The lowest BCUT2D eigenvalue weighted by Gasteiger charge is -2.34. The number of halogens is 1. The van der Waals surface area contributed by atoms with Crippen LogP contribution in [0, 0.1) is 0 Å². The number of nitrogens with zero attached hydrogens (tertiary/aromatic N) is 1. The molecule has 1 aromatic carbocycles. The Labute approximate surface area is 103 Å². The highest BCUT2D eigenvalue weighted by molar-refractivity contribution is 7.80. The Bertz CT molecular complexity index is 434. The molecule has 4 nitrogen and oxygen atoms in total. The first-order chi connectivity index (χ1) is 7.58. The molecule has 1 saturated heterocycles. The van der Waals surface area contributed by atoms with Gasteiger partial charge in [-0.25, -0.2) is 0 Å². The molecule has 6 heteroatoms. The van der Waals surface area contributed by atoms with Crippen molar-refractivity contribution in [2.24, 2.45) is 5.73 Å². The summed E-state index contributed by atoms with van der Waals surface area (Å²) in [5.41, 5.74) is 6.70. The molecule has 1 fully saturated rings. The van der Waals surface area contributed by atoms with Crippen molar-refractivity contribution < 1.29 is 4.79 Å². The number of thiocarbonyl (C=S) groups is 1. The molecular weight excluding hydrogens is 246 g/mol. The van der Waals surface area contributed by atoms with E-state index >= 15 is 0 Å². The van der Waals surface area contributed by atoms with Crippen LogP contribution in [0.15, 0.2) is 24.3 Å². The summed E-state index contributed by atoms with van der Waals surface area (Å²) in [5, 5.41) is 3.55. The van der Waals surface area contributed by atoms with Crippen LogP contribution in [0.4, 0.5) is 5.69 Å². The van der Waals surface area contributed by atoms with Crippen LogP contribution in [-0.4, -0.2) is 17.2 Å². The molecule has 3 N–H and O–H groups in total. The zero-order valence-electron chi connectivity index (χ0n) is 8.31. The normalized spacial score (nSPS) is 20.9. The largest absolute Gasteiger partial charge is 0.310 e. The van der Waals surface area contributed by atoms with Crippen LogP contribution in [0.1, 0.15) is 6.42 Å². The third kappa shape index (κ3) is 2.16. The Morgan fingerprint density at radius 1 is 1.44 bits per heavy atom. The number of benzene rings is 1. The van der Waals surface area contributed by atoms with E-state index in [9.17, 15) is 4.79 Å². The highest BCUT2D eigenvalue weighted by Crippen LogP contribution is 2.21. The number of hydrogen-bond acceptors (Lipinski definition) is 3. The third-order valence-electron chi connectivity index (χ3n) is 2.30. The monoisotopic (exact) mass is 255 g/mol. The molecule has 1 atom stereocenters. The van der Waals surface area contributed by atoms with Crippen molar-refractivity contribution in [2.75, 3.05) is 4.90 Å². The van der Waals surface area contributed by atoms with Crippen LogP contribution in [0.2, 0.25) is 5.02 Å². The summed E-state index contributed by atoms with van der Waals surface area (Å²) in [6, 6.07) is 7.13. The lowest BCUT2D eigenvalue weighted by molar-refractivity contribution is -0.120. The number of carbonyl (C=O) groups excluding carboxylic acids is 1. The summed E-state index contributed by atoms with van der Waals surface area (Å²) in [5.74, 6) is -0.150. The minimum atomic E-state index is -0.428. The minimum absolute atomic E-state index is 0.150. The third-order valence-corrected chi connectivity index (χ3v) is 2.85. The average molecular weight is 256 g/mol. The summed E-state index contributed by atoms with van der Waals surface area (Å²) in [7, 11) is 0. The summed E-state index contributed by atoms with van der Waals surface area (Å²) < 4.78 is 0. The first kappa shape index (κ1) is 11.3. The highest BCUT2D eigenvalue weighted by Gasteiger charge is 2.28. The van der Waals surface area contributed by atoms with Gasteiger partial charge in [0.05, 0.1) is 12.6 Å². The second-order valence-corrected chi connectivity index (χ2v) is 4.29. The van der Waals surface area contributed by atoms with Crippen molar-refractivity contribution in [3.05, 3.63) is 29.3 Å². The number of carbonyl (C=O) groups is 1. The standard InChI is InChI=1S/C10H10ClN3OS/c11-6-1-3-7(4-2-6)14-8(12)5-9(15)13-10(14)16/h1-4,8H,5,12H2,(H,13,15,16). The topological polar surface area (TPSA) is 58.4 Å². The van der Waals surface area contributed by atoms with Crippen molar-refractivity contribution in [1.82, 2.24) is 5.32 Å². The van der Waals surface area contributed by atoms with E-state index < -0.39 is 6.17 Å². The zero-order chi connectivity index (χ0) is 11.7. The zero-order valence-corrected chi connectivity index (χ0v) is 9.89. The maximum Gasteiger partial charge on any atom is 0.229 e. The molecule has 2 rings (SSSR count). The first-order valence-corrected chi connectivity index (χ1v) is 5.51. The second-order valence-electron chi connectivity index (χ2n) is 3.47. The van der Waals surface area contributed by atoms with Gasteiger partial charge in [0.1, 0.15) is 0 Å². The van der Waals surface area contributed by atoms with Crippen molar-refractivity contribution in [3.8, 4) is 0 Å². The average Bonchev–Trinajstić information content (AvgIpc) is 2.19. The molecule has 1 aromatic rings. The molecule has 0 aliphatic carbocycles. The summed E-state index contributed by atoms with van der Waals surface area (Å²) in [6.07, 6.45) is -0.203. The van der Waals surface area contributed by atoms with Gasteiger partial charge in [0.25, 0.3) is 0 Å². The van der Waals surface area contributed by atoms with Crippen molar-refractivity contribution in [1.29, 1.82) is 0 Å². The van der Waals surface area contributed by atoms with E-state index in [1.54, 1.807) is 17.0 Å². The van der Waals surface area contributed by atoms with Crippen molar-refractivity contribution in [2.45, 2.75) is 12.6 Å². The smallest absolute Gasteiger partial charge is 0.229 e. The maximum atomic E-state index is 11.2. The lowest BCUT2D eigenvalue weighted by atomic mass is 10.2. The van der Waals surface area contributed by atoms with Crippen LogP contribution >= 0.6 is 23.8 Å². The van der Waals surface area contributed by atoms with Crippen LogP contribution < -0.4 is 16.0 Å². The fourth-order valence-electron chi connectivity index (χ4n) is 1.57. The van der Waals surface area contributed by atoms with Gasteiger partial charge in [-0.2, -0.15) is 0 Å². The SMILES string of the molecule is NC1CC(=O)NC(=S)N1c1ccc(Cl)cc1. The molecule has 84 valence electrons. The van der Waals surface area contributed by atoms with E-state index in [2.05, 4.69) is 5.32 Å². The number of amides is 1. The summed E-state index contributed by atoms with van der Waals surface area (Å²) >= 11 is 10.9. The van der Waals surface area contributed by atoms with Crippen LogP contribution in [0.25, 0.3) is 0 Å². The van der Waals surface area contributed by atoms with Crippen molar-refractivity contribution >= 4 is 40.5 Å². The van der Waals surface area contributed by atoms with Gasteiger partial charge in [-0.3, -0.25) is 4.79 Å². The molecule has 1 amide bonds. The molecule has 0 radical (unpaired) electrons. The molecule has 1 aliphatic rings. The molecule has 0 bridgehead atoms. The maximum absolute atomic E-state index is 11.2. The van der Waals surface area contributed by atoms with Gasteiger partial charge in [-0.05, 0) is 36.5 Å². The fraction of sp³-hybridized carbons (Fsp3) is 0.200. The number of nitrogens with two attached hydrogens (primary N) is 1. The Morgan fingerprint density at radius 2 is 2.06 bits per heavy atom. The van der Waals surface area contributed by atoms with Gasteiger partial charge in [-0.1, -0.05) is 11.6 Å². The Morgan fingerprint density at radius 3 is 2.62 bits per heavy atom. The molecule has 1 aliphatic heterocycles. The van der Waals surface area contributed by atoms with Gasteiger partial charge in [-0.15, -0.1) is 0 Å². The predicted molar refractivity (Wildman–Crippen MR) is 67.3 cm³/mol. The molecule has 1 unspecified atom stereocenters. The van der Waals surface area contributed by atoms with Crippen LogP contribution in [-0.2, 0) is 4.79 Å². The van der Waals surface area contributed by atoms with E-state index in [-0.39, 0.29) is 12.3 Å². The molecular formula is C10H10ClN3OS. The summed E-state index contributed by atoms with van der Waals surface area (Å²) in [4.78, 5) is 12.9. The Kier molecular flexibility index (Phi) is 3.09. The van der Waals surface area contributed by atoms with Crippen LogP contribution in [0.3, 0.4) is 0 Å². The second kappa shape index (κ2) is 4.37. The van der Waals surface area contributed by atoms with Crippen LogP contribution in [0.5, 0.6) is 0 Å². The number of hydrogen-bond donors (Lipinski definition) is 2. The Hall–Kier alpha value is -1.17. The minimum Gasteiger partial charge on any atom is -0.310 e. The molecule has 0 aromatic heterocycles. The van der Waals surface area contributed by atoms with Gasteiger partial charge < -0.3 is 16.0 Å². The molecule has 0 saturated carbocycles. The number of anilines is 1. The molecule has 16 heavy (non-hydrogen) atoms. The number of nitrogens with one attached hydrogen (secondary N) is 1. The van der Waals surface area contributed by atoms with E-state index in [0.717, 1.165) is 5.69 Å². The Balaban J connectivity index is 2.29. The molecule has 1 heterocycles. The predicted octanol–water partition coefficient (Wildman–Crippen LogP) is 1.24.